The van der Waals surface area contributed by atoms with Gasteiger partial charge in [0.1, 0.15) is 0 Å². The fourth-order valence-electron chi connectivity index (χ4n) is 3.42. The van der Waals surface area contributed by atoms with Gasteiger partial charge in [-0.25, -0.2) is 8.42 Å². The van der Waals surface area contributed by atoms with E-state index in [0.717, 1.165) is 18.4 Å². The molecule has 0 saturated carbocycles. The molecular formula is C22H26N4O5S2. The van der Waals surface area contributed by atoms with Crippen LogP contribution in [0.3, 0.4) is 0 Å². The Balaban J connectivity index is 1.93. The number of aromatic nitrogens is 1. The molecule has 0 bridgehead atoms. The van der Waals surface area contributed by atoms with Gasteiger partial charge >= 0.3 is 0 Å². The van der Waals surface area contributed by atoms with E-state index in [1.807, 2.05) is 18.4 Å². The minimum Gasteiger partial charge on any atom is -0.317 e. The molecule has 2 aromatic carbocycles. The minimum atomic E-state index is -3.63. The number of thiazole rings is 1. The van der Waals surface area contributed by atoms with Crippen LogP contribution in [0.5, 0.6) is 0 Å². The maximum Gasteiger partial charge on any atom is 0.279 e. The molecule has 3 aromatic rings. The molecule has 0 atom stereocenters. The predicted molar refractivity (Wildman–Crippen MR) is 128 cm³/mol. The maximum absolute atomic E-state index is 12.9. The van der Waals surface area contributed by atoms with Crippen molar-refractivity contribution in [2.24, 2.45) is 4.99 Å². The number of sulfonamides is 1. The molecule has 1 heterocycles. The number of hydrogen-bond donors (Lipinski definition) is 0. The van der Waals surface area contributed by atoms with Gasteiger partial charge in [0.15, 0.2) is 4.80 Å². The van der Waals surface area contributed by atoms with E-state index in [4.69, 9.17) is 0 Å². The van der Waals surface area contributed by atoms with Crippen LogP contribution >= 0.6 is 11.3 Å². The third-order valence-electron chi connectivity index (χ3n) is 5.24. The highest BCUT2D eigenvalue weighted by atomic mass is 32.2. The largest absolute Gasteiger partial charge is 0.317 e. The van der Waals surface area contributed by atoms with E-state index in [0.29, 0.717) is 29.1 Å². The third-order valence-corrected chi connectivity index (χ3v) is 8.27. The van der Waals surface area contributed by atoms with Gasteiger partial charge in [-0.1, -0.05) is 31.6 Å². The number of aryl methyl sites for hydroxylation is 1. The summed E-state index contributed by atoms with van der Waals surface area (Å²) in [6.45, 7) is 7.06. The van der Waals surface area contributed by atoms with Gasteiger partial charge in [-0.15, -0.1) is 0 Å². The Morgan fingerprint density at radius 1 is 1.15 bits per heavy atom. The molecule has 0 aliphatic rings. The van der Waals surface area contributed by atoms with Crippen molar-refractivity contribution in [3.8, 4) is 0 Å². The molecule has 0 fully saturated rings. The molecule has 11 heteroatoms. The number of nitrogens with zero attached hydrogens (tertiary/aromatic N) is 4. The van der Waals surface area contributed by atoms with E-state index < -0.39 is 20.9 Å². The van der Waals surface area contributed by atoms with Crippen molar-refractivity contribution in [2.45, 2.75) is 45.1 Å². The number of rotatable bonds is 9. The van der Waals surface area contributed by atoms with Crippen molar-refractivity contribution in [2.75, 3.05) is 13.1 Å². The first kappa shape index (κ1) is 24.7. The van der Waals surface area contributed by atoms with Gasteiger partial charge in [-0.05, 0) is 43.7 Å². The zero-order chi connectivity index (χ0) is 24.2. The fraction of sp³-hybridized carbons (Fsp3) is 0.364. The Kier molecular flexibility index (Phi) is 7.77. The average Bonchev–Trinajstić information content (AvgIpc) is 3.15. The fourth-order valence-corrected chi connectivity index (χ4v) is 6.03. The highest BCUT2D eigenvalue weighted by molar-refractivity contribution is 7.89. The summed E-state index contributed by atoms with van der Waals surface area (Å²) in [6.07, 6.45) is 1.67. The van der Waals surface area contributed by atoms with Gasteiger partial charge in [0.25, 0.3) is 11.6 Å². The van der Waals surface area contributed by atoms with Crippen molar-refractivity contribution in [3.63, 3.8) is 0 Å². The number of fused-ring (bicyclic) bond motifs is 1. The molecule has 0 unspecified atom stereocenters. The standard InChI is InChI=1S/C22H26N4O5S2/c1-4-7-14-24(5-2)33(30,31)18-11-8-16(9-12-18)21(27)23-22-25(6-3)19-13-10-17(26(28)29)15-20(19)32-22/h8-13,15H,4-7,14H2,1-3H3. The maximum atomic E-state index is 12.9. The number of benzene rings is 2. The van der Waals surface area contributed by atoms with E-state index in [1.54, 1.807) is 13.0 Å². The molecule has 0 aliphatic carbocycles. The Morgan fingerprint density at radius 3 is 2.42 bits per heavy atom. The summed E-state index contributed by atoms with van der Waals surface area (Å²) in [4.78, 5) is 28.1. The summed E-state index contributed by atoms with van der Waals surface area (Å²) in [5, 5.41) is 11.1. The molecular weight excluding hydrogens is 464 g/mol. The first-order valence-electron chi connectivity index (χ1n) is 10.7. The topological polar surface area (TPSA) is 115 Å². The SMILES string of the molecule is CCCCN(CC)S(=O)(=O)c1ccc(C(=O)N=c2sc3cc([N+](=O)[O-])ccc3n2CC)cc1. The van der Waals surface area contributed by atoms with E-state index in [9.17, 15) is 23.3 Å². The van der Waals surface area contributed by atoms with Crippen LogP contribution in [0, 0.1) is 10.1 Å². The van der Waals surface area contributed by atoms with Crippen molar-refractivity contribution in [1.82, 2.24) is 8.87 Å². The number of carbonyl (C=O) groups is 1. The van der Waals surface area contributed by atoms with Gasteiger partial charge in [0.2, 0.25) is 10.0 Å². The molecule has 176 valence electrons. The molecule has 1 amide bonds. The molecule has 9 nitrogen and oxygen atoms in total. The number of nitro benzene ring substituents is 1. The summed E-state index contributed by atoms with van der Waals surface area (Å²) in [5.41, 5.74) is 0.992. The van der Waals surface area contributed by atoms with Crippen LogP contribution in [0.25, 0.3) is 10.2 Å². The summed E-state index contributed by atoms with van der Waals surface area (Å²) < 4.78 is 29.6. The first-order valence-corrected chi connectivity index (χ1v) is 13.0. The second-order valence-electron chi connectivity index (χ2n) is 7.33. The third kappa shape index (κ3) is 5.21. The van der Waals surface area contributed by atoms with Crippen LogP contribution in [0.4, 0.5) is 5.69 Å². The van der Waals surface area contributed by atoms with Gasteiger partial charge in [0, 0.05) is 37.3 Å². The van der Waals surface area contributed by atoms with Crippen LogP contribution in [-0.2, 0) is 16.6 Å². The Morgan fingerprint density at radius 2 is 1.85 bits per heavy atom. The Bertz CT molecular complexity index is 1340. The lowest BCUT2D eigenvalue weighted by Gasteiger charge is -2.20. The number of amides is 1. The molecule has 0 N–H and O–H groups in total. The molecule has 1 aromatic heterocycles. The second kappa shape index (κ2) is 10.4. The van der Waals surface area contributed by atoms with E-state index >= 15 is 0 Å². The zero-order valence-corrected chi connectivity index (χ0v) is 20.4. The first-order chi connectivity index (χ1) is 15.7. The van der Waals surface area contributed by atoms with Crippen LogP contribution < -0.4 is 4.80 Å². The van der Waals surface area contributed by atoms with Gasteiger partial charge in [-0.2, -0.15) is 9.30 Å². The van der Waals surface area contributed by atoms with Crippen LogP contribution in [0.1, 0.15) is 44.0 Å². The average molecular weight is 491 g/mol. The van der Waals surface area contributed by atoms with Gasteiger partial charge in [0.05, 0.1) is 20.0 Å². The zero-order valence-electron chi connectivity index (χ0n) is 18.7. The van der Waals surface area contributed by atoms with Crippen molar-refractivity contribution >= 4 is 43.2 Å². The highest BCUT2D eigenvalue weighted by Gasteiger charge is 2.22. The minimum absolute atomic E-state index is 0.0262. The van der Waals surface area contributed by atoms with E-state index in [1.165, 1.54) is 52.0 Å². The second-order valence-corrected chi connectivity index (χ2v) is 10.3. The number of non-ortho nitro benzene ring substituents is 1. The van der Waals surface area contributed by atoms with Crippen LogP contribution in [0.2, 0.25) is 0 Å². The smallest absolute Gasteiger partial charge is 0.279 e. The molecule has 0 saturated heterocycles. The summed E-state index contributed by atoms with van der Waals surface area (Å²) in [7, 11) is -3.63. The summed E-state index contributed by atoms with van der Waals surface area (Å²) in [6, 6.07) is 10.3. The van der Waals surface area contributed by atoms with E-state index in [-0.39, 0.29) is 16.1 Å². The predicted octanol–water partition coefficient (Wildman–Crippen LogP) is 4.18. The monoisotopic (exact) mass is 490 g/mol. The number of nitro groups is 1. The Labute approximate surface area is 196 Å². The van der Waals surface area contributed by atoms with Gasteiger partial charge in [-0.3, -0.25) is 14.9 Å². The van der Waals surface area contributed by atoms with Crippen molar-refractivity contribution in [1.29, 1.82) is 0 Å². The Hall–Kier alpha value is -2.89. The van der Waals surface area contributed by atoms with E-state index in [2.05, 4.69) is 4.99 Å². The molecule has 3 rings (SSSR count). The van der Waals surface area contributed by atoms with Crippen molar-refractivity contribution < 1.29 is 18.1 Å². The summed E-state index contributed by atoms with van der Waals surface area (Å²) in [5.74, 6) is -0.513. The summed E-state index contributed by atoms with van der Waals surface area (Å²) >= 11 is 1.19. The highest BCUT2D eigenvalue weighted by Crippen LogP contribution is 2.23. The number of unbranched alkanes of at least 4 members (excludes halogenated alkanes) is 1. The molecule has 0 aliphatic heterocycles. The van der Waals surface area contributed by atoms with Gasteiger partial charge < -0.3 is 4.57 Å². The van der Waals surface area contributed by atoms with Crippen molar-refractivity contribution in [3.05, 3.63) is 62.9 Å². The lowest BCUT2D eigenvalue weighted by atomic mass is 10.2. The number of hydrogen-bond acceptors (Lipinski definition) is 6. The van der Waals surface area contributed by atoms with Crippen LogP contribution in [-0.4, -0.2) is 41.2 Å². The lowest BCUT2D eigenvalue weighted by Crippen LogP contribution is -2.31. The normalized spacial score (nSPS) is 12.5. The number of carbonyl (C=O) groups excluding carboxylic acids is 1. The quantitative estimate of drug-likeness (QED) is 0.330. The van der Waals surface area contributed by atoms with Crippen LogP contribution in [0.15, 0.2) is 52.4 Å². The molecule has 0 spiro atoms. The molecule has 0 radical (unpaired) electrons. The lowest BCUT2D eigenvalue weighted by molar-refractivity contribution is -0.384. The molecule has 33 heavy (non-hydrogen) atoms.